The minimum absolute atomic E-state index is 0.0258. The van der Waals surface area contributed by atoms with Gasteiger partial charge >= 0.3 is 0 Å². The quantitative estimate of drug-likeness (QED) is 0.732. The average molecular weight is 299 g/mol. The summed E-state index contributed by atoms with van der Waals surface area (Å²) in [4.78, 5) is 12.8. The van der Waals surface area contributed by atoms with Gasteiger partial charge in [-0.3, -0.25) is 4.79 Å². The largest absolute Gasteiger partial charge is 0.399 e. The Morgan fingerprint density at radius 1 is 1.18 bits per heavy atom. The summed E-state index contributed by atoms with van der Waals surface area (Å²) in [5.41, 5.74) is 15.5. The van der Waals surface area contributed by atoms with Gasteiger partial charge < -0.3 is 16.8 Å². The lowest BCUT2D eigenvalue weighted by Gasteiger charge is -2.31. The lowest BCUT2D eigenvalue weighted by Crippen LogP contribution is -2.46. The van der Waals surface area contributed by atoms with Gasteiger partial charge in [0.1, 0.15) is 0 Å². The molecule has 1 aromatic rings. The van der Waals surface area contributed by atoms with Crippen LogP contribution < -0.4 is 16.8 Å². The molecule has 2 bridgehead atoms. The molecular formula is C18H25N3O. The second kappa shape index (κ2) is 5.27. The zero-order chi connectivity index (χ0) is 15.3. The molecule has 1 aromatic carbocycles. The van der Waals surface area contributed by atoms with Gasteiger partial charge in [-0.25, -0.2) is 0 Å². The molecule has 22 heavy (non-hydrogen) atoms. The zero-order valence-corrected chi connectivity index (χ0v) is 12.9. The maximum absolute atomic E-state index is 12.8. The van der Waals surface area contributed by atoms with Crippen LogP contribution in [0.1, 0.15) is 49.3 Å². The number of nitrogen functional groups attached to an aromatic ring is 1. The highest BCUT2D eigenvalue weighted by Crippen LogP contribution is 2.48. The van der Waals surface area contributed by atoms with Crippen molar-refractivity contribution >= 4 is 11.6 Å². The first kappa shape index (κ1) is 14.1. The number of carbonyl (C=O) groups excluding carboxylic acids is 1. The number of benzene rings is 1. The smallest absolute Gasteiger partial charge is 0.225 e. The predicted octanol–water partition coefficient (Wildman–Crippen LogP) is 2.14. The van der Waals surface area contributed by atoms with E-state index in [2.05, 4.69) is 17.4 Å². The Hall–Kier alpha value is -1.55. The van der Waals surface area contributed by atoms with Crippen molar-refractivity contribution in [2.45, 2.75) is 50.6 Å². The van der Waals surface area contributed by atoms with Crippen molar-refractivity contribution < 1.29 is 4.79 Å². The Morgan fingerprint density at radius 2 is 2.00 bits per heavy atom. The molecule has 0 spiro atoms. The van der Waals surface area contributed by atoms with Crippen LogP contribution in [-0.4, -0.2) is 11.9 Å². The summed E-state index contributed by atoms with van der Waals surface area (Å²) >= 11 is 0. The zero-order valence-electron chi connectivity index (χ0n) is 12.9. The van der Waals surface area contributed by atoms with Crippen molar-refractivity contribution in [3.05, 3.63) is 29.3 Å². The number of anilines is 1. The van der Waals surface area contributed by atoms with Gasteiger partial charge in [-0.2, -0.15) is 0 Å². The van der Waals surface area contributed by atoms with E-state index in [0.717, 1.165) is 31.4 Å². The average Bonchev–Trinajstić information content (AvgIpc) is 3.08. The number of fused-ring (bicyclic) bond motifs is 3. The van der Waals surface area contributed by atoms with Crippen molar-refractivity contribution in [2.24, 2.45) is 23.5 Å². The first-order chi connectivity index (χ1) is 10.6. The number of hydrogen-bond acceptors (Lipinski definition) is 3. The van der Waals surface area contributed by atoms with Gasteiger partial charge in [0.2, 0.25) is 5.91 Å². The van der Waals surface area contributed by atoms with Crippen LogP contribution in [0, 0.1) is 17.8 Å². The summed E-state index contributed by atoms with van der Waals surface area (Å²) in [7, 11) is 0. The standard InChI is InChI=1S/C18H25N3O/c19-13-6-7-14-10(9-13)2-1-3-15(14)21-18(22)16-11-4-5-12(8-11)17(16)20/h6-7,9,11-12,15-17H,1-5,8,19-20H2,(H,21,22). The number of rotatable bonds is 2. The SMILES string of the molecule is Nc1ccc2c(c1)CCCC2NC(=O)C1C2CCC(C2)C1N. The molecule has 3 aliphatic rings. The highest BCUT2D eigenvalue weighted by atomic mass is 16.2. The number of aryl methyl sites for hydroxylation is 1. The molecule has 0 radical (unpaired) electrons. The maximum atomic E-state index is 12.8. The van der Waals surface area contributed by atoms with E-state index in [1.807, 2.05) is 6.07 Å². The van der Waals surface area contributed by atoms with Gasteiger partial charge in [0.15, 0.2) is 0 Å². The van der Waals surface area contributed by atoms with Gasteiger partial charge in [-0.1, -0.05) is 6.07 Å². The van der Waals surface area contributed by atoms with Crippen LogP contribution in [-0.2, 0) is 11.2 Å². The summed E-state index contributed by atoms with van der Waals surface area (Å²) in [5, 5.41) is 3.29. The molecule has 2 fully saturated rings. The molecule has 4 rings (SSSR count). The van der Waals surface area contributed by atoms with Crippen LogP contribution >= 0.6 is 0 Å². The van der Waals surface area contributed by atoms with Gasteiger partial charge in [-0.15, -0.1) is 0 Å². The second-order valence-corrected chi connectivity index (χ2v) is 7.35. The Bertz CT molecular complexity index is 598. The Kier molecular flexibility index (Phi) is 3.37. The lowest BCUT2D eigenvalue weighted by atomic mass is 9.83. The third kappa shape index (κ3) is 2.21. The highest BCUT2D eigenvalue weighted by Gasteiger charge is 2.49. The summed E-state index contributed by atoms with van der Waals surface area (Å²) in [6.45, 7) is 0. The first-order valence-electron chi connectivity index (χ1n) is 8.57. The van der Waals surface area contributed by atoms with Crippen LogP contribution in [0.15, 0.2) is 18.2 Å². The molecule has 1 amide bonds. The van der Waals surface area contributed by atoms with E-state index in [1.165, 1.54) is 24.0 Å². The summed E-state index contributed by atoms with van der Waals surface area (Å²) < 4.78 is 0. The van der Waals surface area contributed by atoms with E-state index in [0.29, 0.717) is 11.8 Å². The van der Waals surface area contributed by atoms with Gasteiger partial charge in [0, 0.05) is 11.7 Å². The summed E-state index contributed by atoms with van der Waals surface area (Å²) in [5.74, 6) is 1.28. The van der Waals surface area contributed by atoms with E-state index in [-0.39, 0.29) is 23.9 Å². The van der Waals surface area contributed by atoms with Gasteiger partial charge in [0.05, 0.1) is 12.0 Å². The first-order valence-corrected chi connectivity index (χ1v) is 8.57. The van der Waals surface area contributed by atoms with Crippen molar-refractivity contribution in [3.63, 3.8) is 0 Å². The van der Waals surface area contributed by atoms with Gasteiger partial charge in [0.25, 0.3) is 0 Å². The Morgan fingerprint density at radius 3 is 2.77 bits per heavy atom. The van der Waals surface area contributed by atoms with Crippen molar-refractivity contribution in [2.75, 3.05) is 5.73 Å². The molecule has 0 aliphatic heterocycles. The topological polar surface area (TPSA) is 81.1 Å². The second-order valence-electron chi connectivity index (χ2n) is 7.35. The molecule has 4 nitrogen and oxygen atoms in total. The number of nitrogens with one attached hydrogen (secondary N) is 1. The number of amides is 1. The molecule has 4 heteroatoms. The molecule has 5 atom stereocenters. The van der Waals surface area contributed by atoms with E-state index < -0.39 is 0 Å². The Balaban J connectivity index is 1.51. The van der Waals surface area contributed by atoms with Gasteiger partial charge in [-0.05, 0) is 73.6 Å². The molecule has 0 aromatic heterocycles. The predicted molar refractivity (Wildman–Crippen MR) is 87.0 cm³/mol. The summed E-state index contributed by atoms with van der Waals surface area (Å²) in [6.07, 6.45) is 6.70. The third-order valence-electron chi connectivity index (χ3n) is 6.08. The molecular weight excluding hydrogens is 274 g/mol. The third-order valence-corrected chi connectivity index (χ3v) is 6.08. The maximum Gasteiger partial charge on any atom is 0.225 e. The highest BCUT2D eigenvalue weighted by molar-refractivity contribution is 5.81. The van der Waals surface area contributed by atoms with E-state index in [4.69, 9.17) is 11.5 Å². The summed E-state index contributed by atoms with van der Waals surface area (Å²) in [6, 6.07) is 6.26. The normalized spacial score (nSPS) is 36.1. The Labute approximate surface area is 131 Å². The fourth-order valence-corrected chi connectivity index (χ4v) is 4.98. The fraction of sp³-hybridized carbons (Fsp3) is 0.611. The number of carbonyl (C=O) groups is 1. The minimum Gasteiger partial charge on any atom is -0.399 e. The van der Waals surface area contributed by atoms with E-state index in [1.54, 1.807) is 0 Å². The fourth-order valence-electron chi connectivity index (χ4n) is 4.98. The van der Waals surface area contributed by atoms with Crippen LogP contribution in [0.5, 0.6) is 0 Å². The van der Waals surface area contributed by atoms with Crippen LogP contribution in [0.2, 0.25) is 0 Å². The molecule has 5 unspecified atom stereocenters. The van der Waals surface area contributed by atoms with Crippen LogP contribution in [0.25, 0.3) is 0 Å². The van der Waals surface area contributed by atoms with Crippen molar-refractivity contribution in [3.8, 4) is 0 Å². The van der Waals surface area contributed by atoms with Crippen LogP contribution in [0.3, 0.4) is 0 Å². The lowest BCUT2D eigenvalue weighted by molar-refractivity contribution is -0.127. The van der Waals surface area contributed by atoms with E-state index in [9.17, 15) is 4.79 Å². The minimum atomic E-state index is 0.0258. The molecule has 5 N–H and O–H groups in total. The van der Waals surface area contributed by atoms with Crippen molar-refractivity contribution in [1.29, 1.82) is 0 Å². The molecule has 2 saturated carbocycles. The van der Waals surface area contributed by atoms with Crippen LogP contribution in [0.4, 0.5) is 5.69 Å². The molecule has 0 heterocycles. The van der Waals surface area contributed by atoms with E-state index >= 15 is 0 Å². The molecule has 118 valence electrons. The number of hydrogen-bond donors (Lipinski definition) is 3. The monoisotopic (exact) mass is 299 g/mol. The number of nitrogens with two attached hydrogens (primary N) is 2. The van der Waals surface area contributed by atoms with Crippen molar-refractivity contribution in [1.82, 2.24) is 5.32 Å². The molecule has 0 saturated heterocycles. The molecule has 3 aliphatic carbocycles.